The zero-order chi connectivity index (χ0) is 21.9. The van der Waals surface area contributed by atoms with Crippen molar-refractivity contribution < 1.29 is 13.2 Å². The molecule has 1 N–H and O–H groups in total. The maximum absolute atomic E-state index is 13.1. The van der Waals surface area contributed by atoms with Gasteiger partial charge in [-0.1, -0.05) is 31.2 Å². The third-order valence-corrected chi connectivity index (χ3v) is 6.64. The minimum absolute atomic E-state index is 0.225. The first-order chi connectivity index (χ1) is 13.5. The summed E-state index contributed by atoms with van der Waals surface area (Å²) < 4.78 is 26.5. The zero-order valence-corrected chi connectivity index (χ0v) is 19.2. The van der Waals surface area contributed by atoms with E-state index in [2.05, 4.69) is 11.4 Å². The molecule has 5 nitrogen and oxygen atoms in total. The number of sulfonamides is 1. The number of benzene rings is 2. The average Bonchev–Trinajstić information content (AvgIpc) is 2.63. The summed E-state index contributed by atoms with van der Waals surface area (Å²) in [5.74, 6) is -0.304. The Bertz CT molecular complexity index is 999. The normalized spacial score (nSPS) is 13.6. The van der Waals surface area contributed by atoms with Crippen molar-refractivity contribution in [2.45, 2.75) is 60.0 Å². The van der Waals surface area contributed by atoms with E-state index >= 15 is 0 Å². The Morgan fingerprint density at radius 1 is 0.966 bits per heavy atom. The van der Waals surface area contributed by atoms with Crippen molar-refractivity contribution in [2.24, 2.45) is 0 Å². The van der Waals surface area contributed by atoms with Gasteiger partial charge in [0.2, 0.25) is 15.9 Å². The monoisotopic (exact) mass is 416 g/mol. The van der Waals surface area contributed by atoms with Gasteiger partial charge in [-0.15, -0.1) is 0 Å². The maximum Gasteiger partial charge on any atom is 0.244 e. The highest BCUT2D eigenvalue weighted by atomic mass is 32.2. The third-order valence-electron chi connectivity index (χ3n) is 5.46. The number of carbonyl (C=O) groups excluding carboxylic acids is 1. The van der Waals surface area contributed by atoms with E-state index < -0.39 is 16.1 Å². The summed E-state index contributed by atoms with van der Waals surface area (Å²) in [5.41, 5.74) is 5.91. The molecule has 0 saturated carbocycles. The van der Waals surface area contributed by atoms with Gasteiger partial charge in [0.25, 0.3) is 0 Å². The second-order valence-corrected chi connectivity index (χ2v) is 9.68. The van der Waals surface area contributed by atoms with E-state index in [4.69, 9.17) is 0 Å². The molecule has 0 heterocycles. The minimum atomic E-state index is -3.64. The van der Waals surface area contributed by atoms with Gasteiger partial charge in [-0.2, -0.15) is 0 Å². The Kier molecular flexibility index (Phi) is 7.11. The lowest BCUT2D eigenvalue weighted by Crippen LogP contribution is -2.49. The van der Waals surface area contributed by atoms with Crippen LogP contribution < -0.4 is 9.62 Å². The van der Waals surface area contributed by atoms with Gasteiger partial charge < -0.3 is 5.32 Å². The second-order valence-electron chi connectivity index (χ2n) is 7.83. The molecular formula is C23H32N2O3S. The second kappa shape index (κ2) is 8.99. The summed E-state index contributed by atoms with van der Waals surface area (Å²) in [5, 5.41) is 3.00. The summed E-state index contributed by atoms with van der Waals surface area (Å²) in [6.07, 6.45) is 1.51. The smallest absolute Gasteiger partial charge is 0.244 e. The highest BCUT2D eigenvalue weighted by Crippen LogP contribution is 2.26. The molecule has 2 aromatic rings. The van der Waals surface area contributed by atoms with Crippen LogP contribution in [-0.4, -0.2) is 26.6 Å². The Hall–Kier alpha value is -2.34. The molecule has 6 heteroatoms. The number of nitrogens with one attached hydrogen (secondary N) is 1. The van der Waals surface area contributed by atoms with E-state index in [0.717, 1.165) is 28.5 Å². The summed E-state index contributed by atoms with van der Waals surface area (Å²) in [6.45, 7) is 11.7. The average molecular weight is 417 g/mol. The predicted octanol–water partition coefficient (Wildman–Crippen LogP) is 4.34. The Morgan fingerprint density at radius 3 is 2.00 bits per heavy atom. The number of carbonyl (C=O) groups is 1. The highest BCUT2D eigenvalue weighted by Gasteiger charge is 2.32. The van der Waals surface area contributed by atoms with E-state index in [-0.39, 0.29) is 11.9 Å². The van der Waals surface area contributed by atoms with Crippen LogP contribution in [-0.2, 0) is 14.8 Å². The molecule has 0 aliphatic carbocycles. The van der Waals surface area contributed by atoms with Crippen molar-refractivity contribution in [3.8, 4) is 0 Å². The van der Waals surface area contributed by atoms with Crippen LogP contribution >= 0.6 is 0 Å². The Labute approximate surface area is 175 Å². The van der Waals surface area contributed by atoms with Crippen molar-refractivity contribution in [1.29, 1.82) is 0 Å². The van der Waals surface area contributed by atoms with Crippen LogP contribution in [0.25, 0.3) is 0 Å². The van der Waals surface area contributed by atoms with Gasteiger partial charge in [0.15, 0.2) is 0 Å². The Morgan fingerprint density at radius 2 is 1.52 bits per heavy atom. The summed E-state index contributed by atoms with van der Waals surface area (Å²) in [4.78, 5) is 13.1. The number of amides is 1. The lowest BCUT2D eigenvalue weighted by molar-refractivity contribution is -0.122. The predicted molar refractivity (Wildman–Crippen MR) is 120 cm³/mol. The van der Waals surface area contributed by atoms with E-state index in [0.29, 0.717) is 12.1 Å². The first-order valence-electron chi connectivity index (χ1n) is 9.89. The largest absolute Gasteiger partial charge is 0.348 e. The molecule has 0 unspecified atom stereocenters. The van der Waals surface area contributed by atoms with Crippen molar-refractivity contribution in [1.82, 2.24) is 5.32 Å². The minimum Gasteiger partial charge on any atom is -0.348 e. The number of rotatable bonds is 7. The first kappa shape index (κ1) is 22.9. The van der Waals surface area contributed by atoms with E-state index in [1.165, 1.54) is 9.87 Å². The van der Waals surface area contributed by atoms with Crippen LogP contribution in [0.15, 0.2) is 36.4 Å². The Balaban J connectivity index is 2.34. The lowest BCUT2D eigenvalue weighted by Gasteiger charge is -2.31. The highest BCUT2D eigenvalue weighted by molar-refractivity contribution is 7.92. The van der Waals surface area contributed by atoms with E-state index in [1.807, 2.05) is 65.8 Å². The number of aryl methyl sites for hydroxylation is 4. The fourth-order valence-electron chi connectivity index (χ4n) is 3.35. The molecule has 0 spiro atoms. The van der Waals surface area contributed by atoms with Gasteiger partial charge in [-0.3, -0.25) is 9.10 Å². The summed E-state index contributed by atoms with van der Waals surface area (Å²) in [6, 6.07) is 10.5. The molecule has 0 fully saturated rings. The molecule has 29 heavy (non-hydrogen) atoms. The van der Waals surface area contributed by atoms with Crippen LogP contribution in [0.5, 0.6) is 0 Å². The number of hydrogen-bond donors (Lipinski definition) is 1. The van der Waals surface area contributed by atoms with Crippen molar-refractivity contribution in [3.05, 3.63) is 64.2 Å². The van der Waals surface area contributed by atoms with Gasteiger partial charge in [0.1, 0.15) is 6.04 Å². The van der Waals surface area contributed by atoms with E-state index in [9.17, 15) is 13.2 Å². The lowest BCUT2D eigenvalue weighted by atomic mass is 10.0. The SMILES string of the molecule is CC[C@H](C(=O)N[C@H](C)c1ccc(C)c(C)c1)N(c1ccc(C)c(C)c1)S(C)(=O)=O. The van der Waals surface area contributed by atoms with Crippen molar-refractivity contribution >= 4 is 21.6 Å². The van der Waals surface area contributed by atoms with Crippen LogP contribution in [0.2, 0.25) is 0 Å². The summed E-state index contributed by atoms with van der Waals surface area (Å²) in [7, 11) is -3.64. The molecule has 0 aromatic heterocycles. The van der Waals surface area contributed by atoms with Crippen molar-refractivity contribution in [3.63, 3.8) is 0 Å². The molecule has 0 saturated heterocycles. The van der Waals surface area contributed by atoms with E-state index in [1.54, 1.807) is 6.07 Å². The third kappa shape index (κ3) is 5.38. The van der Waals surface area contributed by atoms with Crippen LogP contribution in [0.1, 0.15) is 54.1 Å². The molecule has 1 amide bonds. The molecular weight excluding hydrogens is 384 g/mol. The molecule has 0 bridgehead atoms. The molecule has 0 radical (unpaired) electrons. The number of hydrogen-bond acceptors (Lipinski definition) is 3. The molecule has 0 aliphatic heterocycles. The molecule has 158 valence electrons. The molecule has 0 aliphatic rings. The van der Waals surface area contributed by atoms with Gasteiger partial charge in [-0.05, 0) is 81.0 Å². The first-order valence-corrected chi connectivity index (χ1v) is 11.7. The number of anilines is 1. The molecule has 2 aromatic carbocycles. The van der Waals surface area contributed by atoms with Crippen molar-refractivity contribution in [2.75, 3.05) is 10.6 Å². The summed E-state index contributed by atoms with van der Waals surface area (Å²) >= 11 is 0. The van der Waals surface area contributed by atoms with Gasteiger partial charge >= 0.3 is 0 Å². The van der Waals surface area contributed by atoms with Crippen LogP contribution in [0.3, 0.4) is 0 Å². The van der Waals surface area contributed by atoms with Crippen LogP contribution in [0, 0.1) is 27.7 Å². The quantitative estimate of drug-likeness (QED) is 0.730. The van der Waals surface area contributed by atoms with Gasteiger partial charge in [0, 0.05) is 0 Å². The fourth-order valence-corrected chi connectivity index (χ4v) is 4.55. The van der Waals surface area contributed by atoms with Gasteiger partial charge in [-0.25, -0.2) is 8.42 Å². The fraction of sp³-hybridized carbons (Fsp3) is 0.435. The standard InChI is InChI=1S/C23H32N2O3S/c1-8-22(23(26)24-19(6)20-11-9-15(2)17(4)13-20)25(29(7,27)28)21-12-10-16(3)18(5)14-21/h9-14,19,22H,8H2,1-7H3,(H,24,26)/t19-,22-/m1/s1. The molecule has 2 atom stereocenters. The zero-order valence-electron chi connectivity index (χ0n) is 18.4. The number of nitrogens with zero attached hydrogens (tertiary/aromatic N) is 1. The van der Waals surface area contributed by atoms with Gasteiger partial charge in [0.05, 0.1) is 18.0 Å². The molecule has 2 rings (SSSR count). The van der Waals surface area contributed by atoms with Crippen LogP contribution in [0.4, 0.5) is 5.69 Å². The topological polar surface area (TPSA) is 66.5 Å². The maximum atomic E-state index is 13.1.